The zero-order valence-electron chi connectivity index (χ0n) is 35.7. The number of aromatic nitrogens is 3. The van der Waals surface area contributed by atoms with Gasteiger partial charge in [-0.2, -0.15) is 13.4 Å². The second-order valence-corrected chi connectivity index (χ2v) is 17.4. The van der Waals surface area contributed by atoms with Gasteiger partial charge in [0.05, 0.1) is 42.6 Å². The molecular weight excluding hydrogens is 827 g/mol. The topological polar surface area (TPSA) is 184 Å². The number of ether oxygens (including phenoxy) is 3. The van der Waals surface area contributed by atoms with E-state index in [2.05, 4.69) is 15.6 Å². The number of aryl methyl sites for hydroxylation is 2. The van der Waals surface area contributed by atoms with Crippen molar-refractivity contribution in [2.24, 2.45) is 0 Å². The number of fused-ring (bicyclic) bond motifs is 2. The molecule has 0 saturated carbocycles. The second kappa shape index (κ2) is 19.1. The lowest BCUT2D eigenvalue weighted by Crippen LogP contribution is -2.44. The minimum atomic E-state index is -3.99. The van der Waals surface area contributed by atoms with Crippen molar-refractivity contribution in [3.05, 3.63) is 136 Å². The predicted molar refractivity (Wildman–Crippen MR) is 241 cm³/mol. The van der Waals surface area contributed by atoms with E-state index in [0.29, 0.717) is 39.5 Å². The van der Waals surface area contributed by atoms with Gasteiger partial charge in [-0.15, -0.1) is 0 Å². The number of anilines is 6. The van der Waals surface area contributed by atoms with E-state index in [1.165, 1.54) is 16.7 Å². The number of nitrogens with one attached hydrogen (secondary N) is 2. The van der Waals surface area contributed by atoms with Crippen LogP contribution in [0.15, 0.2) is 119 Å². The van der Waals surface area contributed by atoms with E-state index in [0.717, 1.165) is 16.7 Å². The monoisotopic (exact) mass is 875 g/mol. The van der Waals surface area contributed by atoms with Crippen molar-refractivity contribution < 1.29 is 36.4 Å². The molecule has 6 aromatic rings. The molecule has 2 amide bonds. The van der Waals surface area contributed by atoms with Crippen molar-refractivity contribution >= 4 is 67.7 Å². The van der Waals surface area contributed by atoms with E-state index in [1.54, 1.807) is 74.3 Å². The number of para-hydroxylation sites is 1. The Morgan fingerprint density at radius 3 is 2.33 bits per heavy atom. The molecule has 63 heavy (non-hydrogen) atoms. The summed E-state index contributed by atoms with van der Waals surface area (Å²) in [5, 5.41) is 6.42. The average Bonchev–Trinajstić information content (AvgIpc) is 3.24. The summed E-state index contributed by atoms with van der Waals surface area (Å²) in [6.07, 6.45) is 0.494. The molecular formula is C46H49N7O9S. The predicted octanol–water partition coefficient (Wildman–Crippen LogP) is 8.22. The standard InChI is InChI=1S/C46H49N7O9S/c1-31-17-19-37(20-18-31)63(57,58)61-26-25-59-24-23-53-41-34(29-47-43(50-41)48-35-14-10-15-36(28-35)49-44(55)62-46(3,4)5)27-39(42(53)54)51-21-22-52(40-32(2)11-9-16-38(40)51)45(56)60-30-33-12-7-6-8-13-33/h6-20,27-29H,21-26,30H2,1-5H3,(H,49,55)(H,47,48,50). The highest BCUT2D eigenvalue weighted by atomic mass is 32.2. The van der Waals surface area contributed by atoms with Gasteiger partial charge in [-0.3, -0.25) is 23.8 Å². The van der Waals surface area contributed by atoms with E-state index in [1.807, 2.05) is 67.3 Å². The quantitative estimate of drug-likeness (QED) is 0.0789. The third-order valence-corrected chi connectivity index (χ3v) is 11.2. The molecule has 7 rings (SSSR count). The van der Waals surface area contributed by atoms with Crippen LogP contribution < -0.4 is 26.0 Å². The number of benzene rings is 4. The van der Waals surface area contributed by atoms with Gasteiger partial charge in [0, 0.05) is 36.0 Å². The number of hydrogen-bond donors (Lipinski definition) is 2. The lowest BCUT2D eigenvalue weighted by Gasteiger charge is -2.38. The van der Waals surface area contributed by atoms with E-state index in [-0.39, 0.29) is 62.5 Å². The van der Waals surface area contributed by atoms with Crippen LogP contribution in [-0.4, -0.2) is 73.7 Å². The smallest absolute Gasteiger partial charge is 0.414 e. The highest BCUT2D eigenvalue weighted by Gasteiger charge is 2.32. The third kappa shape index (κ3) is 11.0. The zero-order valence-corrected chi connectivity index (χ0v) is 36.5. The van der Waals surface area contributed by atoms with Gasteiger partial charge in [0.2, 0.25) is 5.95 Å². The van der Waals surface area contributed by atoms with Crippen LogP contribution in [0.25, 0.3) is 11.0 Å². The first-order valence-electron chi connectivity index (χ1n) is 20.3. The maximum atomic E-state index is 14.7. The maximum Gasteiger partial charge on any atom is 0.414 e. The molecule has 0 unspecified atom stereocenters. The fraction of sp³-hybridized carbons (Fsp3) is 0.283. The van der Waals surface area contributed by atoms with Crippen molar-refractivity contribution in [3.8, 4) is 0 Å². The molecule has 1 aliphatic heterocycles. The fourth-order valence-corrected chi connectivity index (χ4v) is 7.83. The molecule has 0 saturated heterocycles. The van der Waals surface area contributed by atoms with Gasteiger partial charge in [0.25, 0.3) is 15.7 Å². The summed E-state index contributed by atoms with van der Waals surface area (Å²) in [6, 6.07) is 30.1. The van der Waals surface area contributed by atoms with Crippen molar-refractivity contribution in [3.63, 3.8) is 0 Å². The molecule has 0 aliphatic carbocycles. The number of pyridine rings is 1. The summed E-state index contributed by atoms with van der Waals surface area (Å²) in [5.41, 5.74) is 4.46. The Hall–Kier alpha value is -6.82. The van der Waals surface area contributed by atoms with Crippen molar-refractivity contribution in [2.45, 2.75) is 58.3 Å². The molecule has 0 atom stereocenters. The van der Waals surface area contributed by atoms with Crippen LogP contribution in [0.5, 0.6) is 0 Å². The van der Waals surface area contributed by atoms with Gasteiger partial charge >= 0.3 is 12.2 Å². The van der Waals surface area contributed by atoms with E-state index >= 15 is 0 Å². The molecule has 0 radical (unpaired) electrons. The molecule has 4 aromatic carbocycles. The largest absolute Gasteiger partial charge is 0.444 e. The average molecular weight is 876 g/mol. The Balaban J connectivity index is 1.16. The number of carbonyl (C=O) groups is 2. The van der Waals surface area contributed by atoms with Crippen molar-refractivity contribution in [2.75, 3.05) is 53.3 Å². The number of nitrogens with zero attached hydrogens (tertiary/aromatic N) is 5. The Morgan fingerprint density at radius 2 is 1.57 bits per heavy atom. The number of amides is 2. The highest BCUT2D eigenvalue weighted by molar-refractivity contribution is 7.86. The molecule has 3 heterocycles. The molecule has 0 bridgehead atoms. The summed E-state index contributed by atoms with van der Waals surface area (Å²) >= 11 is 0. The van der Waals surface area contributed by atoms with E-state index in [4.69, 9.17) is 23.4 Å². The summed E-state index contributed by atoms with van der Waals surface area (Å²) in [7, 11) is -3.99. The normalized spacial score (nSPS) is 12.8. The van der Waals surface area contributed by atoms with Crippen molar-refractivity contribution in [1.29, 1.82) is 0 Å². The first-order valence-corrected chi connectivity index (χ1v) is 21.7. The Morgan fingerprint density at radius 1 is 0.825 bits per heavy atom. The van der Waals surface area contributed by atoms with Crippen LogP contribution in [0.1, 0.15) is 37.5 Å². The maximum absolute atomic E-state index is 14.7. The molecule has 2 aromatic heterocycles. The van der Waals surface area contributed by atoms with Gasteiger partial charge in [0.1, 0.15) is 23.5 Å². The van der Waals surface area contributed by atoms with Crippen LogP contribution in [0, 0.1) is 13.8 Å². The van der Waals surface area contributed by atoms with Crippen LogP contribution in [0.3, 0.4) is 0 Å². The Kier molecular flexibility index (Phi) is 13.4. The first-order chi connectivity index (χ1) is 30.1. The number of rotatable bonds is 14. The van der Waals surface area contributed by atoms with Crippen molar-refractivity contribution in [1.82, 2.24) is 14.5 Å². The molecule has 2 N–H and O–H groups in total. The van der Waals surface area contributed by atoms with Gasteiger partial charge in [-0.1, -0.05) is 66.2 Å². The highest BCUT2D eigenvalue weighted by Crippen LogP contribution is 2.40. The minimum Gasteiger partial charge on any atom is -0.444 e. The summed E-state index contributed by atoms with van der Waals surface area (Å²) in [5.74, 6) is 0.178. The first kappa shape index (κ1) is 44.2. The fourth-order valence-electron chi connectivity index (χ4n) is 6.94. The summed E-state index contributed by atoms with van der Waals surface area (Å²) < 4.78 is 49.1. The Labute approximate surface area is 365 Å². The molecule has 17 heteroatoms. The van der Waals surface area contributed by atoms with Crippen LogP contribution in [0.2, 0.25) is 0 Å². The third-order valence-electron chi connectivity index (χ3n) is 9.85. The Bertz CT molecular complexity index is 2780. The second-order valence-electron chi connectivity index (χ2n) is 15.8. The number of carbonyl (C=O) groups excluding carboxylic acids is 2. The summed E-state index contributed by atoms with van der Waals surface area (Å²) in [4.78, 5) is 53.6. The molecule has 0 spiro atoms. The van der Waals surface area contributed by atoms with Gasteiger partial charge < -0.3 is 24.4 Å². The van der Waals surface area contributed by atoms with Crippen LogP contribution in [0.4, 0.5) is 44.0 Å². The van der Waals surface area contributed by atoms with Gasteiger partial charge in [0.15, 0.2) is 0 Å². The summed E-state index contributed by atoms with van der Waals surface area (Å²) in [6.45, 7) is 9.44. The minimum absolute atomic E-state index is 0.00821. The molecule has 328 valence electrons. The molecule has 16 nitrogen and oxygen atoms in total. The van der Waals surface area contributed by atoms with Gasteiger partial charge in [-0.05, 0) is 88.2 Å². The lowest BCUT2D eigenvalue weighted by atomic mass is 10.1. The molecule has 1 aliphatic rings. The SMILES string of the molecule is Cc1ccc(S(=O)(=O)OCCOCCn2c(=O)c(N3CCN(C(=O)OCc4ccccc4)c4c(C)cccc43)cc3cnc(Nc4cccc(NC(=O)OC(C)(C)C)c4)nc32)cc1. The van der Waals surface area contributed by atoms with Crippen LogP contribution >= 0.6 is 0 Å². The molecule has 0 fully saturated rings. The van der Waals surface area contributed by atoms with E-state index < -0.39 is 27.9 Å². The van der Waals surface area contributed by atoms with Crippen LogP contribution in [-0.2, 0) is 41.7 Å². The van der Waals surface area contributed by atoms with E-state index in [9.17, 15) is 22.8 Å². The van der Waals surface area contributed by atoms with Gasteiger partial charge in [-0.25, -0.2) is 14.6 Å². The zero-order chi connectivity index (χ0) is 44.7. The lowest BCUT2D eigenvalue weighted by molar-refractivity contribution is 0.0635. The number of hydrogen-bond acceptors (Lipinski definition) is 13.